The zero-order chi connectivity index (χ0) is 11.4. The topological polar surface area (TPSA) is 41.1 Å². The van der Waals surface area contributed by atoms with E-state index in [0.29, 0.717) is 15.7 Å². The van der Waals surface area contributed by atoms with Gasteiger partial charge in [0, 0.05) is 12.6 Å². The maximum absolute atomic E-state index is 5.84. The van der Waals surface area contributed by atoms with Crippen LogP contribution in [0.2, 0.25) is 5.15 Å². The zero-order valence-electron chi connectivity index (χ0n) is 8.96. The number of hydrogen-bond acceptors (Lipinski definition) is 4. The molecule has 0 aliphatic carbocycles. The van der Waals surface area contributed by atoms with Crippen LogP contribution in [0, 0.1) is 0 Å². The lowest BCUT2D eigenvalue weighted by Gasteiger charge is -2.20. The summed E-state index contributed by atoms with van der Waals surface area (Å²) < 4.78 is 0.706. The molecule has 15 heavy (non-hydrogen) atoms. The van der Waals surface area contributed by atoms with Crippen molar-refractivity contribution >= 4 is 33.3 Å². The Labute approximate surface area is 103 Å². The summed E-state index contributed by atoms with van der Waals surface area (Å²) in [7, 11) is 4.07. The van der Waals surface area contributed by atoms with Crippen molar-refractivity contribution in [1.82, 2.24) is 14.9 Å². The van der Waals surface area contributed by atoms with Crippen LogP contribution in [0.25, 0.3) is 0 Å². The Balaban J connectivity index is 2.62. The molecule has 0 aliphatic heterocycles. The molecule has 1 atom stereocenters. The largest absolute Gasteiger partial charge is 0.367 e. The van der Waals surface area contributed by atoms with Gasteiger partial charge in [0.2, 0.25) is 0 Å². The van der Waals surface area contributed by atoms with Gasteiger partial charge in [0.1, 0.15) is 17.3 Å². The first-order valence-electron chi connectivity index (χ1n) is 4.58. The van der Waals surface area contributed by atoms with Gasteiger partial charge in [-0.15, -0.1) is 0 Å². The van der Waals surface area contributed by atoms with Crippen LogP contribution >= 0.6 is 27.5 Å². The summed E-state index contributed by atoms with van der Waals surface area (Å²) in [5, 5.41) is 3.63. The minimum atomic E-state index is 0.421. The Morgan fingerprint density at radius 3 is 2.80 bits per heavy atom. The highest BCUT2D eigenvalue weighted by Crippen LogP contribution is 2.25. The van der Waals surface area contributed by atoms with E-state index in [-0.39, 0.29) is 0 Å². The van der Waals surface area contributed by atoms with Crippen LogP contribution in [0.3, 0.4) is 0 Å². The van der Waals surface area contributed by atoms with Crippen LogP contribution < -0.4 is 5.32 Å². The summed E-state index contributed by atoms with van der Waals surface area (Å²) in [5.74, 6) is 0.726. The first-order chi connectivity index (χ1) is 7.02. The maximum Gasteiger partial charge on any atom is 0.148 e. The van der Waals surface area contributed by atoms with E-state index in [4.69, 9.17) is 11.6 Å². The van der Waals surface area contributed by atoms with Crippen LogP contribution in [-0.2, 0) is 0 Å². The van der Waals surface area contributed by atoms with Crippen LogP contribution in [-0.4, -0.2) is 41.5 Å². The minimum absolute atomic E-state index is 0.421. The van der Waals surface area contributed by atoms with Gasteiger partial charge in [0.25, 0.3) is 0 Å². The fourth-order valence-corrected chi connectivity index (χ4v) is 1.38. The molecule has 0 spiro atoms. The van der Waals surface area contributed by atoms with Crippen molar-refractivity contribution < 1.29 is 0 Å². The van der Waals surface area contributed by atoms with Gasteiger partial charge in [-0.3, -0.25) is 0 Å². The lowest BCUT2D eigenvalue weighted by Crippen LogP contribution is -2.31. The Bertz CT molecular complexity index is 332. The van der Waals surface area contributed by atoms with Crippen molar-refractivity contribution in [1.29, 1.82) is 0 Å². The molecule has 84 valence electrons. The quantitative estimate of drug-likeness (QED) is 0.865. The molecule has 0 saturated carbocycles. The summed E-state index contributed by atoms with van der Waals surface area (Å²) in [6, 6.07) is 0.422. The second kappa shape index (κ2) is 5.63. The molecule has 0 bridgehead atoms. The van der Waals surface area contributed by atoms with E-state index < -0.39 is 0 Å². The second-order valence-electron chi connectivity index (χ2n) is 3.52. The highest BCUT2D eigenvalue weighted by atomic mass is 79.9. The van der Waals surface area contributed by atoms with E-state index in [0.717, 1.165) is 12.4 Å². The third-order valence-corrected chi connectivity index (χ3v) is 3.46. The highest BCUT2D eigenvalue weighted by Gasteiger charge is 2.08. The van der Waals surface area contributed by atoms with Crippen LogP contribution in [0.4, 0.5) is 5.82 Å². The van der Waals surface area contributed by atoms with Gasteiger partial charge in [-0.05, 0) is 36.9 Å². The molecule has 0 amide bonds. The van der Waals surface area contributed by atoms with Crippen LogP contribution in [0.15, 0.2) is 10.8 Å². The van der Waals surface area contributed by atoms with E-state index in [1.165, 1.54) is 6.33 Å². The standard InChI is InChI=1S/C9H14BrClN4/c1-6(15(2)3)4-12-9-7(10)8(11)13-5-14-9/h5-6H,4H2,1-3H3,(H,12,13,14). The smallest absolute Gasteiger partial charge is 0.148 e. The normalized spacial score (nSPS) is 12.9. The van der Waals surface area contributed by atoms with Gasteiger partial charge in [-0.2, -0.15) is 0 Å². The van der Waals surface area contributed by atoms with E-state index in [9.17, 15) is 0 Å². The molecule has 0 saturated heterocycles. The molecule has 1 aromatic rings. The van der Waals surface area contributed by atoms with Crippen molar-refractivity contribution in [2.75, 3.05) is 26.0 Å². The van der Waals surface area contributed by atoms with Crippen molar-refractivity contribution in [3.63, 3.8) is 0 Å². The van der Waals surface area contributed by atoms with Crippen molar-refractivity contribution in [2.45, 2.75) is 13.0 Å². The van der Waals surface area contributed by atoms with Gasteiger partial charge >= 0.3 is 0 Å². The second-order valence-corrected chi connectivity index (χ2v) is 4.67. The molecular weight excluding hydrogens is 279 g/mol. The highest BCUT2D eigenvalue weighted by molar-refractivity contribution is 9.10. The average Bonchev–Trinajstić information content (AvgIpc) is 2.19. The van der Waals surface area contributed by atoms with Gasteiger partial charge in [-0.25, -0.2) is 9.97 Å². The van der Waals surface area contributed by atoms with Crippen LogP contribution in [0.5, 0.6) is 0 Å². The SMILES string of the molecule is CC(CNc1ncnc(Cl)c1Br)N(C)C. The molecule has 0 fully saturated rings. The number of halogens is 2. The molecule has 6 heteroatoms. The van der Waals surface area contributed by atoms with E-state index in [2.05, 4.69) is 43.0 Å². The van der Waals surface area contributed by atoms with Gasteiger partial charge in [0.05, 0.1) is 4.47 Å². The Morgan fingerprint density at radius 2 is 2.20 bits per heavy atom. The summed E-state index contributed by atoms with van der Waals surface area (Å²) in [5.41, 5.74) is 0. The molecule has 1 aromatic heterocycles. The lowest BCUT2D eigenvalue weighted by atomic mass is 10.3. The molecular formula is C9H14BrClN4. The first kappa shape index (κ1) is 12.7. The van der Waals surface area contributed by atoms with Gasteiger partial charge in [0.15, 0.2) is 0 Å². The van der Waals surface area contributed by atoms with Crippen molar-refractivity contribution in [2.24, 2.45) is 0 Å². The molecule has 0 aromatic carbocycles. The van der Waals surface area contributed by atoms with E-state index >= 15 is 0 Å². The first-order valence-corrected chi connectivity index (χ1v) is 5.75. The predicted octanol–water partition coefficient (Wildman–Crippen LogP) is 2.25. The summed E-state index contributed by atoms with van der Waals surface area (Å²) in [6.07, 6.45) is 1.44. The average molecular weight is 294 g/mol. The van der Waals surface area contributed by atoms with Gasteiger partial charge < -0.3 is 10.2 Å². The monoisotopic (exact) mass is 292 g/mol. The molecule has 1 heterocycles. The number of rotatable bonds is 4. The number of nitrogens with zero attached hydrogens (tertiary/aromatic N) is 3. The molecule has 0 radical (unpaired) electrons. The van der Waals surface area contributed by atoms with Crippen LogP contribution in [0.1, 0.15) is 6.92 Å². The van der Waals surface area contributed by atoms with Crippen molar-refractivity contribution in [3.05, 3.63) is 16.0 Å². The number of hydrogen-bond donors (Lipinski definition) is 1. The number of likely N-dealkylation sites (N-methyl/N-ethyl adjacent to an activating group) is 1. The maximum atomic E-state index is 5.84. The van der Waals surface area contributed by atoms with E-state index in [1.807, 2.05) is 14.1 Å². The Morgan fingerprint density at radius 1 is 1.53 bits per heavy atom. The lowest BCUT2D eigenvalue weighted by molar-refractivity contribution is 0.326. The number of anilines is 1. The fourth-order valence-electron chi connectivity index (χ4n) is 0.899. The summed E-state index contributed by atoms with van der Waals surface area (Å²) >= 11 is 9.18. The molecule has 0 aliphatic rings. The predicted molar refractivity (Wildman–Crippen MR) is 66.4 cm³/mol. The molecule has 1 rings (SSSR count). The fraction of sp³-hybridized carbons (Fsp3) is 0.556. The van der Waals surface area contributed by atoms with Gasteiger partial charge in [-0.1, -0.05) is 11.6 Å². The third kappa shape index (κ3) is 3.59. The summed E-state index contributed by atoms with van der Waals surface area (Å²) in [6.45, 7) is 2.93. The Hall–Kier alpha value is -0.390. The summed E-state index contributed by atoms with van der Waals surface area (Å²) in [4.78, 5) is 10.1. The Kier molecular flexibility index (Phi) is 4.76. The zero-order valence-corrected chi connectivity index (χ0v) is 11.3. The number of aromatic nitrogens is 2. The minimum Gasteiger partial charge on any atom is -0.367 e. The molecule has 1 N–H and O–H groups in total. The number of nitrogens with one attached hydrogen (secondary N) is 1. The third-order valence-electron chi connectivity index (χ3n) is 2.19. The molecule has 1 unspecified atom stereocenters. The van der Waals surface area contributed by atoms with E-state index in [1.54, 1.807) is 0 Å². The molecule has 4 nitrogen and oxygen atoms in total. The van der Waals surface area contributed by atoms with Crippen molar-refractivity contribution in [3.8, 4) is 0 Å².